The molecule has 0 aromatic carbocycles. The van der Waals surface area contributed by atoms with Gasteiger partial charge in [0, 0.05) is 24.0 Å². The van der Waals surface area contributed by atoms with E-state index in [0.29, 0.717) is 5.82 Å². The van der Waals surface area contributed by atoms with E-state index in [9.17, 15) is 0 Å². The van der Waals surface area contributed by atoms with Crippen LogP contribution in [0.2, 0.25) is 0 Å². The van der Waals surface area contributed by atoms with Gasteiger partial charge in [0.1, 0.15) is 5.82 Å². The Morgan fingerprint density at radius 2 is 2.07 bits per heavy atom. The summed E-state index contributed by atoms with van der Waals surface area (Å²) in [5.74, 6) is 0.497. The first kappa shape index (κ1) is 10.5. The van der Waals surface area contributed by atoms with Crippen LogP contribution in [0.15, 0.2) is 24.5 Å². The molecule has 0 saturated carbocycles. The zero-order valence-electron chi connectivity index (χ0n) is 7.69. The summed E-state index contributed by atoms with van der Waals surface area (Å²) in [7, 11) is 0. The monoisotopic (exact) mass is 210 g/mol. The molecule has 14 heavy (non-hydrogen) atoms. The van der Waals surface area contributed by atoms with E-state index in [-0.39, 0.29) is 12.4 Å². The molecular weight excluding hydrogens is 200 g/mol. The van der Waals surface area contributed by atoms with E-state index in [0.717, 1.165) is 16.8 Å². The largest absolute Gasteiger partial charge is 0.382 e. The number of nitrogens with two attached hydrogens (primary N) is 1. The van der Waals surface area contributed by atoms with Crippen LogP contribution >= 0.6 is 12.4 Å². The molecule has 0 atom stereocenters. The highest BCUT2D eigenvalue weighted by Gasteiger charge is 2.00. The van der Waals surface area contributed by atoms with E-state index in [1.54, 1.807) is 12.3 Å². The van der Waals surface area contributed by atoms with Gasteiger partial charge >= 0.3 is 0 Å². The lowest BCUT2D eigenvalue weighted by molar-refractivity contribution is 1.10. The molecule has 2 aromatic rings. The highest BCUT2D eigenvalue weighted by Crippen LogP contribution is 2.17. The van der Waals surface area contributed by atoms with E-state index in [1.165, 1.54) is 0 Å². The lowest BCUT2D eigenvalue weighted by Gasteiger charge is -1.96. The van der Waals surface area contributed by atoms with Gasteiger partial charge in [0.25, 0.3) is 0 Å². The fourth-order valence-corrected chi connectivity index (χ4v) is 1.19. The third kappa shape index (κ3) is 2.03. The zero-order valence-corrected chi connectivity index (χ0v) is 8.51. The fourth-order valence-electron chi connectivity index (χ4n) is 1.19. The molecule has 5 heteroatoms. The Morgan fingerprint density at radius 1 is 1.29 bits per heavy atom. The predicted octanol–water partition coefficient (Wildman–Crippen LogP) is 1.78. The van der Waals surface area contributed by atoms with Crippen LogP contribution in [0.4, 0.5) is 5.82 Å². The van der Waals surface area contributed by atoms with Crippen molar-refractivity contribution in [2.75, 3.05) is 5.73 Å². The number of nitrogens with zero attached hydrogens (tertiary/aromatic N) is 2. The summed E-state index contributed by atoms with van der Waals surface area (Å²) < 4.78 is 0. The Morgan fingerprint density at radius 3 is 2.64 bits per heavy atom. The van der Waals surface area contributed by atoms with Gasteiger partial charge in [-0.3, -0.25) is 10.1 Å². The van der Waals surface area contributed by atoms with Gasteiger partial charge in [-0.15, -0.1) is 12.4 Å². The number of nitrogen functional groups attached to an aromatic ring is 1. The number of aromatic amines is 1. The molecular formula is C9H11ClN4. The average molecular weight is 211 g/mol. The minimum Gasteiger partial charge on any atom is -0.382 e. The number of rotatable bonds is 1. The quantitative estimate of drug-likeness (QED) is 0.754. The van der Waals surface area contributed by atoms with Crippen molar-refractivity contribution < 1.29 is 0 Å². The van der Waals surface area contributed by atoms with Crippen LogP contribution in [0.1, 0.15) is 5.56 Å². The third-order valence-electron chi connectivity index (χ3n) is 1.78. The van der Waals surface area contributed by atoms with Gasteiger partial charge in [0.15, 0.2) is 0 Å². The summed E-state index contributed by atoms with van der Waals surface area (Å²) >= 11 is 0. The Kier molecular flexibility index (Phi) is 3.09. The molecule has 4 nitrogen and oxygen atoms in total. The molecule has 0 bridgehead atoms. The Bertz CT molecular complexity index is 424. The minimum absolute atomic E-state index is 0. The van der Waals surface area contributed by atoms with Crippen LogP contribution in [0.5, 0.6) is 0 Å². The number of pyridine rings is 1. The summed E-state index contributed by atoms with van der Waals surface area (Å²) in [6, 6.07) is 3.82. The average Bonchev–Trinajstić information content (AvgIpc) is 2.52. The van der Waals surface area contributed by atoms with E-state index in [4.69, 9.17) is 5.73 Å². The SMILES string of the molecule is Cc1cncc(-c2cc(N)n[nH]2)c1.Cl. The van der Waals surface area contributed by atoms with Crippen molar-refractivity contribution in [2.45, 2.75) is 6.92 Å². The van der Waals surface area contributed by atoms with E-state index in [2.05, 4.69) is 15.2 Å². The molecule has 2 rings (SSSR count). The maximum atomic E-state index is 5.49. The molecule has 0 aliphatic rings. The normalized spacial score (nSPS) is 9.50. The summed E-state index contributed by atoms with van der Waals surface area (Å²) in [6.45, 7) is 2.00. The third-order valence-corrected chi connectivity index (χ3v) is 1.78. The molecule has 0 aliphatic carbocycles. The lowest BCUT2D eigenvalue weighted by atomic mass is 10.2. The van der Waals surface area contributed by atoms with Crippen molar-refractivity contribution in [2.24, 2.45) is 0 Å². The van der Waals surface area contributed by atoms with Crippen molar-refractivity contribution >= 4 is 18.2 Å². The molecule has 0 amide bonds. The summed E-state index contributed by atoms with van der Waals surface area (Å²) in [5.41, 5.74) is 8.51. The zero-order chi connectivity index (χ0) is 9.26. The minimum atomic E-state index is 0. The molecule has 2 heterocycles. The smallest absolute Gasteiger partial charge is 0.145 e. The van der Waals surface area contributed by atoms with Gasteiger partial charge in [-0.1, -0.05) is 0 Å². The molecule has 0 radical (unpaired) electrons. The first-order valence-corrected chi connectivity index (χ1v) is 3.98. The molecule has 0 spiro atoms. The van der Waals surface area contributed by atoms with Crippen molar-refractivity contribution in [3.63, 3.8) is 0 Å². The number of halogens is 1. The highest BCUT2D eigenvalue weighted by molar-refractivity contribution is 5.85. The molecule has 0 unspecified atom stereocenters. The van der Waals surface area contributed by atoms with Crippen LogP contribution in [0.3, 0.4) is 0 Å². The number of H-pyrrole nitrogens is 1. The number of anilines is 1. The van der Waals surface area contributed by atoms with Crippen LogP contribution < -0.4 is 5.73 Å². The number of aryl methyl sites for hydroxylation is 1. The number of nitrogens with one attached hydrogen (secondary N) is 1. The van der Waals surface area contributed by atoms with Crippen LogP contribution in [-0.2, 0) is 0 Å². The number of aromatic nitrogens is 3. The van der Waals surface area contributed by atoms with Crippen LogP contribution in [0.25, 0.3) is 11.3 Å². The Balaban J connectivity index is 0.000000980. The second-order valence-electron chi connectivity index (χ2n) is 2.96. The molecule has 3 N–H and O–H groups in total. The number of hydrogen-bond acceptors (Lipinski definition) is 3. The van der Waals surface area contributed by atoms with Gasteiger partial charge in [-0.25, -0.2) is 0 Å². The van der Waals surface area contributed by atoms with Crippen molar-refractivity contribution in [3.8, 4) is 11.3 Å². The standard InChI is InChI=1S/C9H10N4.ClH/c1-6-2-7(5-11-4-6)8-3-9(10)13-12-8;/h2-5H,1H3,(H3,10,12,13);1H. The van der Waals surface area contributed by atoms with E-state index >= 15 is 0 Å². The second-order valence-corrected chi connectivity index (χ2v) is 2.96. The van der Waals surface area contributed by atoms with Gasteiger partial charge in [0.05, 0.1) is 5.69 Å². The van der Waals surface area contributed by atoms with Crippen molar-refractivity contribution in [1.82, 2.24) is 15.2 Å². The molecule has 0 saturated heterocycles. The number of hydrogen-bond donors (Lipinski definition) is 2. The highest BCUT2D eigenvalue weighted by atomic mass is 35.5. The first-order valence-electron chi connectivity index (χ1n) is 3.98. The summed E-state index contributed by atoms with van der Waals surface area (Å²) in [5, 5.41) is 6.68. The maximum Gasteiger partial charge on any atom is 0.145 e. The predicted molar refractivity (Wildman–Crippen MR) is 58.2 cm³/mol. The first-order chi connectivity index (χ1) is 6.25. The Labute approximate surface area is 88.0 Å². The molecule has 2 aromatic heterocycles. The topological polar surface area (TPSA) is 67.6 Å². The van der Waals surface area contributed by atoms with Crippen LogP contribution in [0, 0.1) is 6.92 Å². The molecule has 0 aliphatic heterocycles. The van der Waals surface area contributed by atoms with Gasteiger partial charge in [-0.2, -0.15) is 5.10 Å². The van der Waals surface area contributed by atoms with Gasteiger partial charge < -0.3 is 5.73 Å². The van der Waals surface area contributed by atoms with Crippen molar-refractivity contribution in [1.29, 1.82) is 0 Å². The summed E-state index contributed by atoms with van der Waals surface area (Å²) in [4.78, 5) is 4.08. The van der Waals surface area contributed by atoms with Crippen molar-refractivity contribution in [3.05, 3.63) is 30.1 Å². The van der Waals surface area contributed by atoms with Crippen LogP contribution in [-0.4, -0.2) is 15.2 Å². The maximum absolute atomic E-state index is 5.49. The lowest BCUT2D eigenvalue weighted by Crippen LogP contribution is -1.82. The van der Waals surface area contributed by atoms with Gasteiger partial charge in [0.2, 0.25) is 0 Å². The van der Waals surface area contributed by atoms with E-state index in [1.807, 2.05) is 19.2 Å². The van der Waals surface area contributed by atoms with Gasteiger partial charge in [-0.05, 0) is 18.6 Å². The second kappa shape index (κ2) is 4.11. The fraction of sp³-hybridized carbons (Fsp3) is 0.111. The Hall–Kier alpha value is -1.55. The molecule has 0 fully saturated rings. The molecule has 74 valence electrons. The van der Waals surface area contributed by atoms with E-state index < -0.39 is 0 Å². The summed E-state index contributed by atoms with van der Waals surface area (Å²) in [6.07, 6.45) is 3.59.